The molecule has 0 saturated heterocycles. The van der Waals surface area contributed by atoms with Crippen LogP contribution in [0, 0.1) is 0 Å². The van der Waals surface area contributed by atoms with Gasteiger partial charge in [0.2, 0.25) is 5.91 Å². The van der Waals surface area contributed by atoms with Gasteiger partial charge in [-0.2, -0.15) is 0 Å². The van der Waals surface area contributed by atoms with E-state index in [0.717, 1.165) is 21.9 Å². The summed E-state index contributed by atoms with van der Waals surface area (Å²) in [6, 6.07) is 27.8. The third kappa shape index (κ3) is 9.52. The van der Waals surface area contributed by atoms with Crippen molar-refractivity contribution in [3.8, 4) is 28.5 Å². The van der Waals surface area contributed by atoms with Crippen molar-refractivity contribution in [3.05, 3.63) is 119 Å². The Balaban J connectivity index is 1.28. The van der Waals surface area contributed by atoms with E-state index in [-0.39, 0.29) is 17.4 Å². The maximum atomic E-state index is 13.6. The number of thioether (sulfide) groups is 1. The van der Waals surface area contributed by atoms with E-state index in [0.29, 0.717) is 40.7 Å². The molecule has 0 radical (unpaired) electrons. The Morgan fingerprint density at radius 1 is 0.940 bits per heavy atom. The van der Waals surface area contributed by atoms with Crippen LogP contribution >= 0.6 is 23.1 Å². The second-order valence-corrected chi connectivity index (χ2v) is 12.9. The Kier molecular flexibility index (Phi) is 12.3. The summed E-state index contributed by atoms with van der Waals surface area (Å²) in [6.07, 6.45) is 2.03. The summed E-state index contributed by atoms with van der Waals surface area (Å²) in [5, 5.41) is 20.4. The number of carbonyl (C=O) groups is 3. The molecule has 1 heterocycles. The smallest absolute Gasteiger partial charge is 0.272 e. The molecule has 0 aliphatic carbocycles. The van der Waals surface area contributed by atoms with Crippen molar-refractivity contribution in [2.45, 2.75) is 30.4 Å². The number of amides is 3. The first-order valence-corrected chi connectivity index (χ1v) is 17.5. The first-order chi connectivity index (χ1) is 24.3. The van der Waals surface area contributed by atoms with E-state index in [1.807, 2.05) is 49.6 Å². The summed E-state index contributed by atoms with van der Waals surface area (Å²) >= 11 is 2.72. The molecule has 12 heteroatoms. The van der Waals surface area contributed by atoms with Crippen LogP contribution < -0.4 is 25.4 Å². The number of nitrogens with one attached hydrogen (secondary N) is 3. The third-order valence-corrected chi connectivity index (χ3v) is 9.39. The first kappa shape index (κ1) is 35.7. The summed E-state index contributed by atoms with van der Waals surface area (Å²) in [4.78, 5) is 45.4. The van der Waals surface area contributed by atoms with Gasteiger partial charge in [-0.25, -0.2) is 4.98 Å². The van der Waals surface area contributed by atoms with Crippen molar-refractivity contribution in [1.82, 2.24) is 10.3 Å². The molecule has 0 fully saturated rings. The average molecular weight is 709 g/mol. The zero-order valence-corrected chi connectivity index (χ0v) is 29.3. The molecule has 4 N–H and O–H groups in total. The quantitative estimate of drug-likeness (QED) is 0.0676. The van der Waals surface area contributed by atoms with Crippen molar-refractivity contribution < 1.29 is 29.0 Å². The zero-order valence-electron chi connectivity index (χ0n) is 27.6. The number of nitrogens with zero attached hydrogens (tertiary/aromatic N) is 1. The molecule has 256 valence electrons. The number of ether oxygens (including phenoxy) is 2. The minimum absolute atomic E-state index is 0.00738. The molecular weight excluding hydrogens is 673 g/mol. The number of phenolic OH excluding ortho intramolecular Hbond substituents is 1. The van der Waals surface area contributed by atoms with E-state index in [1.54, 1.807) is 54.6 Å². The zero-order chi connectivity index (χ0) is 35.5. The fraction of sp³-hybridized carbons (Fsp3) is 0.158. The van der Waals surface area contributed by atoms with Crippen LogP contribution in [0.4, 0.5) is 10.8 Å². The Hall–Kier alpha value is -5.59. The molecule has 0 bridgehead atoms. The highest BCUT2D eigenvalue weighted by Crippen LogP contribution is 2.31. The Morgan fingerprint density at radius 3 is 2.44 bits per heavy atom. The molecule has 3 amide bonds. The highest BCUT2D eigenvalue weighted by molar-refractivity contribution is 8.00. The number of hydrogen-bond donors (Lipinski definition) is 4. The van der Waals surface area contributed by atoms with E-state index < -0.39 is 17.1 Å². The fourth-order valence-electron chi connectivity index (χ4n) is 4.79. The van der Waals surface area contributed by atoms with Gasteiger partial charge in [-0.1, -0.05) is 31.2 Å². The lowest BCUT2D eigenvalue weighted by atomic mass is 10.1. The molecule has 50 heavy (non-hydrogen) atoms. The van der Waals surface area contributed by atoms with Gasteiger partial charge < -0.3 is 30.5 Å². The van der Waals surface area contributed by atoms with Crippen LogP contribution in [0.2, 0.25) is 0 Å². The molecule has 10 nitrogen and oxygen atoms in total. The first-order valence-electron chi connectivity index (χ1n) is 15.8. The molecule has 0 saturated carbocycles. The molecular formula is C38H36N4O6S2. The number of rotatable bonds is 14. The topological polar surface area (TPSA) is 139 Å². The van der Waals surface area contributed by atoms with E-state index in [4.69, 9.17) is 9.47 Å². The van der Waals surface area contributed by atoms with Crippen LogP contribution in [0.1, 0.15) is 36.2 Å². The van der Waals surface area contributed by atoms with Gasteiger partial charge >= 0.3 is 0 Å². The van der Waals surface area contributed by atoms with Gasteiger partial charge in [0.15, 0.2) is 5.13 Å². The van der Waals surface area contributed by atoms with Crippen LogP contribution in [0.5, 0.6) is 17.2 Å². The van der Waals surface area contributed by atoms with Crippen molar-refractivity contribution >= 4 is 57.7 Å². The van der Waals surface area contributed by atoms with Gasteiger partial charge in [0.05, 0.1) is 24.7 Å². The second kappa shape index (κ2) is 17.2. The number of aromatic hydroxyl groups is 1. The minimum Gasteiger partial charge on any atom is -0.508 e. The molecule has 1 atom stereocenters. The molecule has 1 aromatic heterocycles. The third-order valence-electron chi connectivity index (χ3n) is 7.27. The lowest BCUT2D eigenvalue weighted by Gasteiger charge is -2.15. The summed E-state index contributed by atoms with van der Waals surface area (Å²) in [5.74, 6) is -0.144. The van der Waals surface area contributed by atoms with Crippen LogP contribution in [0.3, 0.4) is 0 Å². The maximum absolute atomic E-state index is 13.6. The van der Waals surface area contributed by atoms with E-state index in [1.165, 1.54) is 48.4 Å². The monoisotopic (exact) mass is 708 g/mol. The Morgan fingerprint density at radius 2 is 1.72 bits per heavy atom. The molecule has 5 aromatic rings. The lowest BCUT2D eigenvalue weighted by Crippen LogP contribution is -2.30. The molecule has 0 aliphatic heterocycles. The van der Waals surface area contributed by atoms with Crippen LogP contribution in [0.25, 0.3) is 17.3 Å². The normalized spacial score (nSPS) is 11.7. The molecule has 1 unspecified atom stereocenters. The van der Waals surface area contributed by atoms with Crippen molar-refractivity contribution in [2.24, 2.45) is 0 Å². The number of hydrogen-bond acceptors (Lipinski definition) is 9. The molecule has 0 aliphatic rings. The predicted octanol–water partition coefficient (Wildman–Crippen LogP) is 7.84. The number of thiazole rings is 1. The maximum Gasteiger partial charge on any atom is 0.272 e. The summed E-state index contributed by atoms with van der Waals surface area (Å²) in [7, 11) is 1.44. The number of benzene rings is 4. The van der Waals surface area contributed by atoms with Gasteiger partial charge in [-0.05, 0) is 86.2 Å². The van der Waals surface area contributed by atoms with Gasteiger partial charge in [-0.3, -0.25) is 14.4 Å². The molecule has 4 aromatic carbocycles. The van der Waals surface area contributed by atoms with Crippen LogP contribution in [-0.2, 0) is 9.59 Å². The largest absolute Gasteiger partial charge is 0.508 e. The van der Waals surface area contributed by atoms with Gasteiger partial charge in [0.1, 0.15) is 22.9 Å². The van der Waals surface area contributed by atoms with Gasteiger partial charge in [-0.15, -0.1) is 23.1 Å². The molecule has 0 spiro atoms. The Bertz CT molecular complexity index is 1980. The minimum atomic E-state index is -0.580. The van der Waals surface area contributed by atoms with Crippen LogP contribution in [0.15, 0.2) is 113 Å². The molecule has 5 rings (SSSR count). The number of phenols is 1. The average Bonchev–Trinajstić information content (AvgIpc) is 3.60. The van der Waals surface area contributed by atoms with Crippen molar-refractivity contribution in [1.29, 1.82) is 0 Å². The van der Waals surface area contributed by atoms with Crippen molar-refractivity contribution in [2.75, 3.05) is 24.4 Å². The number of anilines is 2. The highest BCUT2D eigenvalue weighted by Gasteiger charge is 2.21. The Labute approximate surface area is 298 Å². The second-order valence-electron chi connectivity index (χ2n) is 10.8. The van der Waals surface area contributed by atoms with Gasteiger partial charge in [0, 0.05) is 38.7 Å². The van der Waals surface area contributed by atoms with Gasteiger partial charge in [0.25, 0.3) is 11.8 Å². The number of aromatic nitrogens is 1. The number of carbonyl (C=O) groups excluding carboxylic acids is 3. The number of methoxy groups -OCH3 is 1. The summed E-state index contributed by atoms with van der Waals surface area (Å²) < 4.78 is 10.9. The van der Waals surface area contributed by atoms with Crippen molar-refractivity contribution in [3.63, 3.8) is 0 Å². The van der Waals surface area contributed by atoms with Crippen LogP contribution in [-0.4, -0.2) is 46.8 Å². The standard InChI is InChI=1S/C38H36N4O6S2/c1-4-34(37(46)42-38-41-32(23-49-38)24-15-18-29(19-16-24)48-5-2)50-30-13-9-12-27(21-30)39-36(45)31(40-35(44)25-10-7-6-8-11-25)20-26-14-17-28(43)22-33(26)47-3/h6-23,34,43H,4-5H2,1-3H3,(H,39,45)(H,40,44)(H,41,42,46)/b31-20+. The predicted molar refractivity (Wildman–Crippen MR) is 199 cm³/mol. The summed E-state index contributed by atoms with van der Waals surface area (Å²) in [6.45, 7) is 4.46. The highest BCUT2D eigenvalue weighted by atomic mass is 32.2. The summed E-state index contributed by atoms with van der Waals surface area (Å²) in [5.41, 5.74) is 2.94. The van der Waals surface area contributed by atoms with E-state index in [2.05, 4.69) is 20.9 Å². The van der Waals surface area contributed by atoms with E-state index in [9.17, 15) is 19.5 Å². The van der Waals surface area contributed by atoms with E-state index >= 15 is 0 Å². The SMILES string of the molecule is CCOc1ccc(-c2csc(NC(=O)C(CC)Sc3cccc(NC(=O)/C(=C\c4ccc(O)cc4OC)NC(=O)c4ccccc4)c3)n2)cc1. The fourth-order valence-corrected chi connectivity index (χ4v) is 6.52. The lowest BCUT2D eigenvalue weighted by molar-refractivity contribution is -0.116.